The fourth-order valence-corrected chi connectivity index (χ4v) is 2.64. The van der Waals surface area contributed by atoms with Gasteiger partial charge in [-0.1, -0.05) is 6.07 Å². The van der Waals surface area contributed by atoms with E-state index in [1.807, 2.05) is 24.4 Å². The van der Waals surface area contributed by atoms with Gasteiger partial charge in [0.2, 0.25) is 0 Å². The molecule has 0 spiro atoms. The number of carbonyl (C=O) groups is 1. The van der Waals surface area contributed by atoms with Gasteiger partial charge in [0.05, 0.1) is 12.8 Å². The molecule has 0 atom stereocenters. The SMILES string of the molecule is COC(=O)CNC(=S)N1CCCN(Cc2ccccn2)CC1. The molecule has 1 fully saturated rings. The Bertz CT molecular complexity index is 498. The largest absolute Gasteiger partial charge is 0.468 e. The minimum absolute atomic E-state index is 0.115. The van der Waals surface area contributed by atoms with Crippen LogP contribution in [0.25, 0.3) is 0 Å². The zero-order valence-electron chi connectivity index (χ0n) is 12.8. The highest BCUT2D eigenvalue weighted by molar-refractivity contribution is 7.80. The Labute approximate surface area is 136 Å². The lowest BCUT2D eigenvalue weighted by atomic mass is 10.3. The Morgan fingerprint density at radius 3 is 2.95 bits per heavy atom. The Hall–Kier alpha value is -1.73. The summed E-state index contributed by atoms with van der Waals surface area (Å²) in [6.07, 6.45) is 2.86. The number of hydrogen-bond acceptors (Lipinski definition) is 5. The van der Waals surface area contributed by atoms with E-state index in [-0.39, 0.29) is 12.5 Å². The van der Waals surface area contributed by atoms with Crippen LogP contribution in [0, 0.1) is 0 Å². The van der Waals surface area contributed by atoms with Gasteiger partial charge < -0.3 is 15.0 Å². The van der Waals surface area contributed by atoms with Crippen molar-refractivity contribution in [3.8, 4) is 0 Å². The highest BCUT2D eigenvalue weighted by Gasteiger charge is 2.17. The molecule has 1 saturated heterocycles. The van der Waals surface area contributed by atoms with Crippen LogP contribution in [0.5, 0.6) is 0 Å². The normalized spacial score (nSPS) is 16.0. The molecule has 0 bridgehead atoms. The summed E-state index contributed by atoms with van der Waals surface area (Å²) in [7, 11) is 1.37. The van der Waals surface area contributed by atoms with E-state index in [0.717, 1.165) is 44.8 Å². The third kappa shape index (κ3) is 5.23. The highest BCUT2D eigenvalue weighted by Crippen LogP contribution is 2.07. The number of methoxy groups -OCH3 is 1. The van der Waals surface area contributed by atoms with Gasteiger partial charge in [-0.2, -0.15) is 0 Å². The first-order valence-electron chi connectivity index (χ1n) is 7.41. The molecule has 0 amide bonds. The third-order valence-electron chi connectivity index (χ3n) is 3.60. The van der Waals surface area contributed by atoms with E-state index < -0.39 is 0 Å². The molecular weight excluding hydrogens is 300 g/mol. The van der Waals surface area contributed by atoms with Crippen molar-refractivity contribution in [2.45, 2.75) is 13.0 Å². The Morgan fingerprint density at radius 2 is 2.23 bits per heavy atom. The topological polar surface area (TPSA) is 57.7 Å². The highest BCUT2D eigenvalue weighted by atomic mass is 32.1. The molecule has 7 heteroatoms. The van der Waals surface area contributed by atoms with Crippen molar-refractivity contribution in [2.24, 2.45) is 0 Å². The zero-order valence-corrected chi connectivity index (χ0v) is 13.6. The van der Waals surface area contributed by atoms with Crippen molar-refractivity contribution < 1.29 is 9.53 Å². The second-order valence-electron chi connectivity index (χ2n) is 5.17. The average molecular weight is 322 g/mol. The van der Waals surface area contributed by atoms with Gasteiger partial charge >= 0.3 is 5.97 Å². The summed E-state index contributed by atoms with van der Waals surface area (Å²) in [4.78, 5) is 20.0. The van der Waals surface area contributed by atoms with Crippen molar-refractivity contribution in [3.63, 3.8) is 0 Å². The summed E-state index contributed by atoms with van der Waals surface area (Å²) < 4.78 is 4.60. The quantitative estimate of drug-likeness (QED) is 0.645. The molecule has 2 heterocycles. The van der Waals surface area contributed by atoms with E-state index >= 15 is 0 Å². The number of ether oxygens (including phenoxy) is 1. The lowest BCUT2D eigenvalue weighted by Gasteiger charge is -2.24. The number of pyridine rings is 1. The van der Waals surface area contributed by atoms with Crippen molar-refractivity contribution in [2.75, 3.05) is 39.8 Å². The smallest absolute Gasteiger partial charge is 0.325 e. The van der Waals surface area contributed by atoms with E-state index in [2.05, 4.69) is 24.8 Å². The Morgan fingerprint density at radius 1 is 1.36 bits per heavy atom. The van der Waals surface area contributed by atoms with Crippen molar-refractivity contribution in [3.05, 3.63) is 30.1 Å². The summed E-state index contributed by atoms with van der Waals surface area (Å²) in [5, 5.41) is 3.56. The molecule has 1 aliphatic heterocycles. The molecular formula is C15H22N4O2S. The van der Waals surface area contributed by atoms with Gasteiger partial charge in [0.15, 0.2) is 5.11 Å². The fraction of sp³-hybridized carbons (Fsp3) is 0.533. The summed E-state index contributed by atoms with van der Waals surface area (Å²) in [6.45, 7) is 4.66. The molecule has 0 unspecified atom stereocenters. The van der Waals surface area contributed by atoms with Crippen LogP contribution >= 0.6 is 12.2 Å². The maximum absolute atomic E-state index is 11.1. The van der Waals surface area contributed by atoms with Gasteiger partial charge in [0.25, 0.3) is 0 Å². The second kappa shape index (κ2) is 8.65. The van der Waals surface area contributed by atoms with E-state index in [9.17, 15) is 4.79 Å². The van der Waals surface area contributed by atoms with Crippen LogP contribution in [0.3, 0.4) is 0 Å². The number of rotatable bonds is 4. The van der Waals surface area contributed by atoms with Gasteiger partial charge in [0.1, 0.15) is 6.54 Å². The first-order valence-corrected chi connectivity index (χ1v) is 7.81. The molecule has 1 aromatic rings. The lowest BCUT2D eigenvalue weighted by molar-refractivity contribution is -0.139. The van der Waals surface area contributed by atoms with E-state index in [1.165, 1.54) is 7.11 Å². The molecule has 1 aromatic heterocycles. The van der Waals surface area contributed by atoms with Crippen LogP contribution in [-0.2, 0) is 16.1 Å². The molecule has 0 saturated carbocycles. The molecule has 2 rings (SSSR count). The standard InChI is InChI=1S/C15H22N4O2S/c1-21-14(20)11-17-15(22)19-8-4-7-18(9-10-19)12-13-5-2-3-6-16-13/h2-3,5-6H,4,7-12H2,1H3,(H,17,22). The monoisotopic (exact) mass is 322 g/mol. The Balaban J connectivity index is 1.79. The zero-order chi connectivity index (χ0) is 15.8. The van der Waals surface area contributed by atoms with E-state index in [0.29, 0.717) is 5.11 Å². The fourth-order valence-electron chi connectivity index (χ4n) is 2.38. The summed E-state index contributed by atoms with van der Waals surface area (Å²) in [5.41, 5.74) is 1.09. The van der Waals surface area contributed by atoms with Crippen molar-refractivity contribution in [1.82, 2.24) is 20.1 Å². The van der Waals surface area contributed by atoms with Gasteiger partial charge in [-0.05, 0) is 30.8 Å². The van der Waals surface area contributed by atoms with Crippen LogP contribution in [-0.4, -0.2) is 65.7 Å². The summed E-state index contributed by atoms with van der Waals surface area (Å²) in [5.74, 6) is -0.311. The van der Waals surface area contributed by atoms with Crippen molar-refractivity contribution >= 4 is 23.3 Å². The molecule has 0 aliphatic carbocycles. The predicted octanol–water partition coefficient (Wildman–Crippen LogP) is 0.637. The van der Waals surface area contributed by atoms with Crippen LogP contribution in [0.2, 0.25) is 0 Å². The van der Waals surface area contributed by atoms with E-state index in [4.69, 9.17) is 12.2 Å². The van der Waals surface area contributed by atoms with Gasteiger partial charge in [-0.3, -0.25) is 14.7 Å². The Kier molecular flexibility index (Phi) is 6.54. The molecule has 0 aromatic carbocycles. The minimum atomic E-state index is -0.311. The molecule has 1 aliphatic rings. The third-order valence-corrected chi connectivity index (χ3v) is 4.00. The maximum Gasteiger partial charge on any atom is 0.325 e. The minimum Gasteiger partial charge on any atom is -0.468 e. The van der Waals surface area contributed by atoms with Crippen LogP contribution in [0.15, 0.2) is 24.4 Å². The molecule has 6 nitrogen and oxygen atoms in total. The predicted molar refractivity (Wildman–Crippen MR) is 88.3 cm³/mol. The van der Waals surface area contributed by atoms with E-state index in [1.54, 1.807) is 0 Å². The maximum atomic E-state index is 11.1. The summed E-state index contributed by atoms with van der Waals surface area (Å²) in [6, 6.07) is 5.99. The van der Waals surface area contributed by atoms with Gasteiger partial charge in [0, 0.05) is 38.9 Å². The van der Waals surface area contributed by atoms with Crippen LogP contribution < -0.4 is 5.32 Å². The number of thiocarbonyl (C=S) groups is 1. The summed E-state index contributed by atoms with van der Waals surface area (Å²) >= 11 is 5.34. The molecule has 1 N–H and O–H groups in total. The lowest BCUT2D eigenvalue weighted by Crippen LogP contribution is -2.43. The number of hydrogen-bond donors (Lipinski definition) is 1. The first-order chi connectivity index (χ1) is 10.7. The number of carbonyl (C=O) groups excluding carboxylic acids is 1. The number of nitrogens with one attached hydrogen (secondary N) is 1. The molecule has 22 heavy (non-hydrogen) atoms. The molecule has 0 radical (unpaired) electrons. The first kappa shape index (κ1) is 16.6. The number of nitrogens with zero attached hydrogens (tertiary/aromatic N) is 3. The van der Waals surface area contributed by atoms with Gasteiger partial charge in [-0.15, -0.1) is 0 Å². The molecule has 120 valence electrons. The number of esters is 1. The van der Waals surface area contributed by atoms with Crippen LogP contribution in [0.1, 0.15) is 12.1 Å². The van der Waals surface area contributed by atoms with Crippen LogP contribution in [0.4, 0.5) is 0 Å². The number of aromatic nitrogens is 1. The van der Waals surface area contributed by atoms with Crippen molar-refractivity contribution in [1.29, 1.82) is 0 Å². The second-order valence-corrected chi connectivity index (χ2v) is 5.56. The van der Waals surface area contributed by atoms with Gasteiger partial charge in [-0.25, -0.2) is 0 Å². The average Bonchev–Trinajstić information content (AvgIpc) is 2.79.